The number of aromatic nitrogens is 2. The Kier molecular flexibility index (Phi) is 4.34. The number of hydrogen-bond acceptors (Lipinski definition) is 5. The van der Waals surface area contributed by atoms with E-state index in [0.29, 0.717) is 10.7 Å². The van der Waals surface area contributed by atoms with Crippen molar-refractivity contribution in [3.05, 3.63) is 57.0 Å². The third-order valence-corrected chi connectivity index (χ3v) is 3.67. The Morgan fingerprint density at radius 3 is 2.55 bits per heavy atom. The zero-order chi connectivity index (χ0) is 16.5. The Morgan fingerprint density at radius 1 is 1.27 bits per heavy atom. The fourth-order valence-corrected chi connectivity index (χ4v) is 2.27. The number of amides is 1. The van der Waals surface area contributed by atoms with Gasteiger partial charge in [-0.2, -0.15) is 9.78 Å². The summed E-state index contributed by atoms with van der Waals surface area (Å²) < 4.78 is 24.9. The first-order valence-corrected chi connectivity index (χ1v) is 8.33. The zero-order valence-electron chi connectivity index (χ0n) is 11.7. The molecule has 0 aliphatic rings. The van der Waals surface area contributed by atoms with Gasteiger partial charge in [-0.15, -0.1) is 0 Å². The number of carbonyl (C=O) groups is 1. The molecule has 0 spiro atoms. The van der Waals surface area contributed by atoms with E-state index in [9.17, 15) is 18.0 Å². The lowest BCUT2D eigenvalue weighted by Crippen LogP contribution is -2.32. The molecular formula is C13H12ClN3O4S. The first-order valence-electron chi connectivity index (χ1n) is 6.06. The van der Waals surface area contributed by atoms with Gasteiger partial charge in [0.05, 0.1) is 11.9 Å². The summed E-state index contributed by atoms with van der Waals surface area (Å²) in [7, 11) is -3.72. The van der Waals surface area contributed by atoms with Crippen LogP contribution in [-0.4, -0.2) is 30.4 Å². The maximum absolute atomic E-state index is 11.9. The summed E-state index contributed by atoms with van der Waals surface area (Å²) in [4.78, 5) is 23.7. The standard InChI is InChI=1S/C13H12ClN3O4S/c1-8-3-4-9(7-10(8)14)17-12(18)6-5-11(15-17)13(19)16-22(2,20)21/h3-7H,1-2H3,(H,16,19). The molecule has 0 bridgehead atoms. The van der Waals surface area contributed by atoms with Gasteiger partial charge in [-0.25, -0.2) is 13.1 Å². The lowest BCUT2D eigenvalue weighted by Gasteiger charge is -2.08. The Morgan fingerprint density at radius 2 is 1.95 bits per heavy atom. The minimum absolute atomic E-state index is 0.207. The fraction of sp³-hybridized carbons (Fsp3) is 0.154. The Labute approximate surface area is 131 Å². The van der Waals surface area contributed by atoms with Gasteiger partial charge in [-0.3, -0.25) is 9.59 Å². The quantitative estimate of drug-likeness (QED) is 0.893. The van der Waals surface area contributed by atoms with Crippen molar-refractivity contribution in [3.63, 3.8) is 0 Å². The highest BCUT2D eigenvalue weighted by Gasteiger charge is 2.14. The molecule has 2 rings (SSSR count). The van der Waals surface area contributed by atoms with E-state index in [4.69, 9.17) is 11.6 Å². The highest BCUT2D eigenvalue weighted by Crippen LogP contribution is 2.18. The number of benzene rings is 1. The lowest BCUT2D eigenvalue weighted by atomic mass is 10.2. The fourth-order valence-electron chi connectivity index (χ4n) is 1.65. The number of rotatable bonds is 3. The van der Waals surface area contributed by atoms with Gasteiger partial charge >= 0.3 is 0 Å². The van der Waals surface area contributed by atoms with Crippen LogP contribution in [0.3, 0.4) is 0 Å². The van der Waals surface area contributed by atoms with Crippen LogP contribution in [-0.2, 0) is 10.0 Å². The molecule has 7 nitrogen and oxygen atoms in total. The Bertz CT molecular complexity index is 906. The summed E-state index contributed by atoms with van der Waals surface area (Å²) in [6, 6.07) is 7.12. The Balaban J connectivity index is 2.49. The zero-order valence-corrected chi connectivity index (χ0v) is 13.3. The molecule has 0 radical (unpaired) electrons. The normalized spacial score (nSPS) is 11.2. The molecule has 1 heterocycles. The van der Waals surface area contributed by atoms with E-state index in [1.807, 2.05) is 0 Å². The third kappa shape index (κ3) is 3.71. The van der Waals surface area contributed by atoms with E-state index >= 15 is 0 Å². The molecule has 116 valence electrons. The smallest absolute Gasteiger partial charge is 0.267 e. The summed E-state index contributed by atoms with van der Waals surface area (Å²) in [6.45, 7) is 1.80. The molecule has 0 saturated carbocycles. The summed E-state index contributed by atoms with van der Waals surface area (Å²) >= 11 is 6.00. The molecule has 9 heteroatoms. The molecule has 0 aliphatic heterocycles. The van der Waals surface area contributed by atoms with Crippen LogP contribution in [0.4, 0.5) is 0 Å². The highest BCUT2D eigenvalue weighted by molar-refractivity contribution is 7.89. The molecule has 0 aliphatic carbocycles. The number of halogens is 1. The van der Waals surface area contributed by atoms with E-state index in [2.05, 4.69) is 5.10 Å². The van der Waals surface area contributed by atoms with Crippen molar-refractivity contribution in [3.8, 4) is 5.69 Å². The van der Waals surface area contributed by atoms with Crippen molar-refractivity contribution in [2.75, 3.05) is 6.26 Å². The topological polar surface area (TPSA) is 98.1 Å². The second kappa shape index (κ2) is 5.90. The molecule has 1 aromatic heterocycles. The van der Waals surface area contributed by atoms with Gasteiger partial charge < -0.3 is 0 Å². The largest absolute Gasteiger partial charge is 0.285 e. The maximum Gasteiger partial charge on any atom is 0.285 e. The molecule has 0 fully saturated rings. The van der Waals surface area contributed by atoms with Gasteiger partial charge in [0.15, 0.2) is 0 Å². The average Bonchev–Trinajstić information content (AvgIpc) is 2.40. The van der Waals surface area contributed by atoms with Crippen LogP contribution in [0, 0.1) is 6.92 Å². The van der Waals surface area contributed by atoms with Crippen LogP contribution in [0.2, 0.25) is 5.02 Å². The van der Waals surface area contributed by atoms with E-state index in [0.717, 1.165) is 28.6 Å². The Hall–Kier alpha value is -2.19. The number of aryl methyl sites for hydroxylation is 1. The molecule has 2 aromatic rings. The highest BCUT2D eigenvalue weighted by atomic mass is 35.5. The number of sulfonamides is 1. The van der Waals surface area contributed by atoms with Crippen LogP contribution in [0.1, 0.15) is 16.1 Å². The van der Waals surface area contributed by atoms with Crippen LogP contribution in [0.5, 0.6) is 0 Å². The second-order valence-corrected chi connectivity index (χ2v) is 6.76. The predicted molar refractivity (Wildman–Crippen MR) is 81.9 cm³/mol. The first-order chi connectivity index (χ1) is 10.2. The minimum Gasteiger partial charge on any atom is -0.267 e. The molecule has 0 saturated heterocycles. The van der Waals surface area contributed by atoms with Crippen molar-refractivity contribution >= 4 is 27.5 Å². The van der Waals surface area contributed by atoms with Crippen LogP contribution in [0.25, 0.3) is 5.69 Å². The van der Waals surface area contributed by atoms with Crippen LogP contribution < -0.4 is 10.3 Å². The van der Waals surface area contributed by atoms with Gasteiger partial charge in [0.2, 0.25) is 10.0 Å². The molecule has 1 N–H and O–H groups in total. The van der Waals surface area contributed by atoms with Gasteiger partial charge in [0, 0.05) is 11.1 Å². The minimum atomic E-state index is -3.72. The lowest BCUT2D eigenvalue weighted by molar-refractivity contribution is 0.0975. The van der Waals surface area contributed by atoms with Crippen molar-refractivity contribution < 1.29 is 13.2 Å². The second-order valence-electron chi connectivity index (χ2n) is 4.61. The van der Waals surface area contributed by atoms with Crippen molar-refractivity contribution in [1.82, 2.24) is 14.5 Å². The summed E-state index contributed by atoms with van der Waals surface area (Å²) in [6.07, 6.45) is 0.848. The SMILES string of the molecule is Cc1ccc(-n2nc(C(=O)NS(C)(=O)=O)ccc2=O)cc1Cl. The number of hydrogen-bond donors (Lipinski definition) is 1. The summed E-state index contributed by atoms with van der Waals surface area (Å²) in [5.41, 5.74) is 0.511. The first kappa shape index (κ1) is 16.2. The van der Waals surface area contributed by atoms with E-state index in [-0.39, 0.29) is 5.69 Å². The van der Waals surface area contributed by atoms with E-state index < -0.39 is 21.5 Å². The molecule has 0 atom stereocenters. The van der Waals surface area contributed by atoms with Crippen LogP contribution >= 0.6 is 11.6 Å². The summed E-state index contributed by atoms with van der Waals surface area (Å²) in [5, 5.41) is 4.31. The number of carbonyl (C=O) groups excluding carboxylic acids is 1. The number of nitrogens with one attached hydrogen (secondary N) is 1. The molecule has 1 amide bonds. The van der Waals surface area contributed by atoms with E-state index in [1.165, 1.54) is 6.07 Å². The molecule has 1 aromatic carbocycles. The average molecular weight is 342 g/mol. The van der Waals surface area contributed by atoms with E-state index in [1.54, 1.807) is 23.8 Å². The summed E-state index contributed by atoms with van der Waals surface area (Å²) in [5.74, 6) is -0.922. The van der Waals surface area contributed by atoms with Gasteiger partial charge in [0.25, 0.3) is 11.5 Å². The van der Waals surface area contributed by atoms with Gasteiger partial charge in [-0.1, -0.05) is 17.7 Å². The van der Waals surface area contributed by atoms with Crippen LogP contribution in [0.15, 0.2) is 35.1 Å². The molecule has 22 heavy (non-hydrogen) atoms. The maximum atomic E-state index is 11.9. The number of nitrogens with zero attached hydrogens (tertiary/aromatic N) is 2. The van der Waals surface area contributed by atoms with Crippen molar-refractivity contribution in [2.45, 2.75) is 6.92 Å². The van der Waals surface area contributed by atoms with Crippen molar-refractivity contribution in [1.29, 1.82) is 0 Å². The monoisotopic (exact) mass is 341 g/mol. The van der Waals surface area contributed by atoms with Gasteiger partial charge in [-0.05, 0) is 30.7 Å². The molecular weight excluding hydrogens is 330 g/mol. The third-order valence-electron chi connectivity index (χ3n) is 2.71. The van der Waals surface area contributed by atoms with Gasteiger partial charge in [0.1, 0.15) is 5.69 Å². The predicted octanol–water partition coefficient (Wildman–Crippen LogP) is 0.884. The van der Waals surface area contributed by atoms with Crippen molar-refractivity contribution in [2.24, 2.45) is 0 Å². The molecule has 0 unspecified atom stereocenters.